The molecule has 2 aliphatic rings. The zero-order chi connectivity index (χ0) is 17.3. The van der Waals surface area contributed by atoms with E-state index in [9.17, 15) is 4.79 Å². The molecule has 0 N–H and O–H groups in total. The van der Waals surface area contributed by atoms with Gasteiger partial charge in [0, 0.05) is 6.42 Å². The van der Waals surface area contributed by atoms with Crippen molar-refractivity contribution in [2.45, 2.75) is 97.6 Å². The predicted octanol–water partition coefficient (Wildman–Crippen LogP) is 5.04. The van der Waals surface area contributed by atoms with Crippen LogP contribution < -0.4 is 0 Å². The van der Waals surface area contributed by atoms with Crippen molar-refractivity contribution in [2.24, 2.45) is 0 Å². The van der Waals surface area contributed by atoms with Crippen molar-refractivity contribution in [1.82, 2.24) is 0 Å². The summed E-state index contributed by atoms with van der Waals surface area (Å²) in [5.41, 5.74) is -0.517. The van der Waals surface area contributed by atoms with Gasteiger partial charge >= 0.3 is 6.09 Å². The van der Waals surface area contributed by atoms with E-state index < -0.39 is 5.60 Å². The van der Waals surface area contributed by atoms with Gasteiger partial charge in [0.05, 0.1) is 5.25 Å². The second-order valence-corrected chi connectivity index (χ2v) is 7.96. The van der Waals surface area contributed by atoms with Crippen LogP contribution in [0.25, 0.3) is 0 Å². The van der Waals surface area contributed by atoms with Crippen LogP contribution in [0.2, 0.25) is 0 Å². The van der Waals surface area contributed by atoms with Gasteiger partial charge in [-0.25, -0.2) is 4.48 Å². The van der Waals surface area contributed by atoms with Gasteiger partial charge in [0.2, 0.25) is 0 Å². The van der Waals surface area contributed by atoms with Crippen molar-refractivity contribution in [1.29, 1.82) is 0 Å². The Kier molecular flexibility index (Phi) is 6.42. The fourth-order valence-electron chi connectivity index (χ4n) is 3.42. The minimum absolute atomic E-state index is 0.0328. The first-order valence-corrected chi connectivity index (χ1v) is 8.78. The molecular weight excluding hydrogens is 282 g/mol. The Hall–Kier alpha value is -0.220. The molecule has 2 rings (SSSR count). The molecule has 126 valence electrons. The fourth-order valence-corrected chi connectivity index (χ4v) is 4.14. The van der Waals surface area contributed by atoms with Crippen LogP contribution in [0.3, 0.4) is 0 Å². The Labute approximate surface area is 137 Å². The third-order valence-corrected chi connectivity index (χ3v) is 5.21. The molecule has 0 bridgehead atoms. The summed E-state index contributed by atoms with van der Waals surface area (Å²) in [5, 5.41) is 0.282. The summed E-state index contributed by atoms with van der Waals surface area (Å²) >= 11 is 4.66. The smallest absolute Gasteiger partial charge is 0.414 e. The molecule has 0 aromatic carbocycles. The number of piperidine rings is 1. The molecule has 0 radical (unpaired) electrons. The lowest BCUT2D eigenvalue weighted by Crippen LogP contribution is -2.52. The Bertz CT molecular complexity index is 369. The highest BCUT2D eigenvalue weighted by Gasteiger charge is 2.85. The van der Waals surface area contributed by atoms with E-state index in [-0.39, 0.29) is 22.4 Å². The van der Waals surface area contributed by atoms with E-state index in [1.165, 1.54) is 0 Å². The molecule has 2 heterocycles. The number of ether oxygens (including phenoxy) is 1. The van der Waals surface area contributed by atoms with Gasteiger partial charge in [0.15, 0.2) is 5.54 Å². The number of hydrogen-bond donors (Lipinski definition) is 1. The van der Waals surface area contributed by atoms with Crippen LogP contribution in [-0.4, -0.2) is 39.0 Å². The summed E-state index contributed by atoms with van der Waals surface area (Å²) in [4.78, 5) is 12.5. The number of rotatable bonds is 0. The maximum Gasteiger partial charge on any atom is 0.517 e. The van der Waals surface area contributed by atoms with E-state index in [2.05, 4.69) is 33.4 Å². The molecule has 3 nitrogen and oxygen atoms in total. The van der Waals surface area contributed by atoms with Crippen molar-refractivity contribution in [3.8, 4) is 0 Å². The van der Waals surface area contributed by atoms with Gasteiger partial charge in [-0.15, -0.1) is 0 Å². The normalized spacial score (nSPS) is 35.5. The molecule has 0 aromatic heterocycles. The van der Waals surface area contributed by atoms with Gasteiger partial charge in [-0.1, -0.05) is 27.7 Å². The molecule has 0 saturated carbocycles. The first kappa shape index (κ1) is 20.8. The molecule has 2 fully saturated rings. The van der Waals surface area contributed by atoms with Gasteiger partial charge in [0.25, 0.3) is 0 Å². The quantitative estimate of drug-likeness (QED) is 0.384. The average molecular weight is 319 g/mol. The van der Waals surface area contributed by atoms with Crippen molar-refractivity contribution in [3.05, 3.63) is 0 Å². The molecule has 3 unspecified atom stereocenters. The summed E-state index contributed by atoms with van der Waals surface area (Å²) in [6, 6.07) is 0. The van der Waals surface area contributed by atoms with Crippen LogP contribution in [0, 0.1) is 0 Å². The molecule has 2 saturated heterocycles. The first-order valence-electron chi connectivity index (χ1n) is 8.26. The van der Waals surface area contributed by atoms with E-state index in [4.69, 9.17) is 4.74 Å². The minimum atomic E-state index is -0.418. The number of thiol groups is 1. The standard InChI is InChI=1S/C13H23NO2S.2C2H6/c1-11(2,3)16-10(15)14-8-13(14,6)9(17)7-12(14,4)5;2*1-2/h9H,7-8H2,1-6H3;2*1-2H3/p+1. The Morgan fingerprint density at radius 1 is 1.14 bits per heavy atom. The molecule has 2 aliphatic heterocycles. The molecule has 0 aromatic rings. The lowest BCUT2D eigenvalue weighted by Gasteiger charge is -2.32. The summed E-state index contributed by atoms with van der Waals surface area (Å²) in [6.45, 7) is 21.1. The Balaban J connectivity index is 0.000000921. The predicted molar refractivity (Wildman–Crippen MR) is 93.9 cm³/mol. The van der Waals surface area contributed by atoms with Crippen molar-refractivity contribution >= 4 is 18.7 Å². The number of quaternary nitrogens is 1. The highest BCUT2D eigenvalue weighted by Crippen LogP contribution is 2.62. The van der Waals surface area contributed by atoms with E-state index in [0.29, 0.717) is 4.48 Å². The number of fused-ring (bicyclic) bond motifs is 1. The summed E-state index contributed by atoms with van der Waals surface area (Å²) in [6.07, 6.45) is 0.882. The zero-order valence-corrected chi connectivity index (χ0v) is 16.6. The zero-order valence-electron chi connectivity index (χ0n) is 15.7. The van der Waals surface area contributed by atoms with Crippen LogP contribution in [0.15, 0.2) is 0 Å². The highest BCUT2D eigenvalue weighted by molar-refractivity contribution is 7.81. The van der Waals surface area contributed by atoms with Gasteiger partial charge in [0.1, 0.15) is 17.7 Å². The molecule has 21 heavy (non-hydrogen) atoms. The average Bonchev–Trinajstić information content (AvgIpc) is 2.98. The molecule has 0 spiro atoms. The summed E-state index contributed by atoms with van der Waals surface area (Å²) in [5.74, 6) is 0. The van der Waals surface area contributed by atoms with Crippen molar-refractivity contribution in [2.75, 3.05) is 6.54 Å². The highest BCUT2D eigenvalue weighted by atomic mass is 32.1. The van der Waals surface area contributed by atoms with Crippen molar-refractivity contribution < 1.29 is 14.0 Å². The van der Waals surface area contributed by atoms with E-state index in [1.807, 2.05) is 48.5 Å². The second-order valence-electron chi connectivity index (χ2n) is 7.34. The Morgan fingerprint density at radius 2 is 1.57 bits per heavy atom. The molecule has 1 amide bonds. The molecule has 0 aliphatic carbocycles. The number of nitrogens with zero attached hydrogens (tertiary/aromatic N) is 1. The van der Waals surface area contributed by atoms with Crippen LogP contribution >= 0.6 is 12.6 Å². The first-order chi connectivity index (χ1) is 9.46. The number of amides is 1. The monoisotopic (exact) mass is 318 g/mol. The van der Waals surface area contributed by atoms with Crippen LogP contribution in [0.1, 0.15) is 75.7 Å². The third kappa shape index (κ3) is 3.26. The molecular formula is C17H36NO2S+. The maximum absolute atomic E-state index is 12.5. The maximum atomic E-state index is 12.5. The van der Waals surface area contributed by atoms with Crippen molar-refractivity contribution in [3.63, 3.8) is 0 Å². The van der Waals surface area contributed by atoms with Gasteiger partial charge < -0.3 is 4.74 Å². The second kappa shape index (κ2) is 6.49. The number of hydrogen-bond acceptors (Lipinski definition) is 3. The van der Waals surface area contributed by atoms with Gasteiger partial charge in [-0.2, -0.15) is 17.4 Å². The lowest BCUT2D eigenvalue weighted by molar-refractivity contribution is -0.796. The molecule has 4 heteroatoms. The van der Waals surface area contributed by atoms with E-state index in [0.717, 1.165) is 13.0 Å². The lowest BCUT2D eigenvalue weighted by atomic mass is 9.97. The Morgan fingerprint density at radius 3 is 1.81 bits per heavy atom. The largest absolute Gasteiger partial charge is 0.517 e. The summed E-state index contributed by atoms with van der Waals surface area (Å²) in [7, 11) is 0. The van der Waals surface area contributed by atoms with Gasteiger partial charge in [-0.05, 0) is 41.5 Å². The third-order valence-electron chi connectivity index (χ3n) is 4.48. The van der Waals surface area contributed by atoms with E-state index >= 15 is 0 Å². The van der Waals surface area contributed by atoms with E-state index in [1.54, 1.807) is 0 Å². The fraction of sp³-hybridized carbons (Fsp3) is 0.941. The summed E-state index contributed by atoms with van der Waals surface area (Å²) < 4.78 is 6.06. The topological polar surface area (TPSA) is 26.3 Å². The number of carbonyl (C=O) groups excluding carboxylic acids is 1. The van der Waals surface area contributed by atoms with Crippen LogP contribution in [0.4, 0.5) is 4.79 Å². The van der Waals surface area contributed by atoms with Crippen LogP contribution in [0.5, 0.6) is 0 Å². The van der Waals surface area contributed by atoms with Crippen LogP contribution in [-0.2, 0) is 4.74 Å². The minimum Gasteiger partial charge on any atom is -0.414 e. The molecule has 3 atom stereocenters. The number of carbonyl (C=O) groups is 1. The SMILES string of the molecule is CC.CC.CC(C)(C)OC(=O)[N+]12CC1(C)C(S)CC2(C)C. The van der Waals surface area contributed by atoms with Gasteiger partial charge in [-0.3, -0.25) is 0 Å².